The maximum absolute atomic E-state index is 10.00. The summed E-state index contributed by atoms with van der Waals surface area (Å²) in [7, 11) is 0. The molecular formula is C8H14O2. The second-order valence-electron chi connectivity index (χ2n) is 2.19. The first-order chi connectivity index (χ1) is 4.77. The molecule has 0 fully saturated rings. The Morgan fingerprint density at radius 1 is 1.40 bits per heavy atom. The molecule has 0 rings (SSSR count). The van der Waals surface area contributed by atoms with Gasteiger partial charge < -0.3 is 5.11 Å². The monoisotopic (exact) mass is 142 g/mol. The lowest BCUT2D eigenvalue weighted by molar-refractivity contribution is -0.136. The van der Waals surface area contributed by atoms with Crippen LogP contribution in [0.15, 0.2) is 12.2 Å². The summed E-state index contributed by atoms with van der Waals surface area (Å²) in [6.07, 6.45) is 7.05. The minimum atomic E-state index is -0.721. The number of carboxylic acids is 1. The molecule has 0 amide bonds. The largest absolute Gasteiger partial charge is 0.481 e. The third kappa shape index (κ3) is 7.21. The predicted octanol–water partition coefficient (Wildman–Crippen LogP) is 2.21. The Hall–Kier alpha value is -0.790. The minimum Gasteiger partial charge on any atom is -0.481 e. The first kappa shape index (κ1) is 9.21. The lowest BCUT2D eigenvalue weighted by atomic mass is 10.2. The maximum atomic E-state index is 10.00. The molecular weight excluding hydrogens is 128 g/mol. The Morgan fingerprint density at radius 2 is 2.00 bits per heavy atom. The average molecular weight is 142 g/mol. The van der Waals surface area contributed by atoms with Gasteiger partial charge in [-0.05, 0) is 12.8 Å². The van der Waals surface area contributed by atoms with E-state index >= 15 is 0 Å². The van der Waals surface area contributed by atoms with Crippen LogP contribution in [0.5, 0.6) is 0 Å². The molecule has 2 nitrogen and oxygen atoms in total. The second-order valence-corrected chi connectivity index (χ2v) is 2.19. The third-order valence-corrected chi connectivity index (χ3v) is 1.15. The summed E-state index contributed by atoms with van der Waals surface area (Å²) >= 11 is 0. The molecule has 0 aromatic carbocycles. The van der Waals surface area contributed by atoms with E-state index in [0.29, 0.717) is 6.42 Å². The van der Waals surface area contributed by atoms with Crippen LogP contribution in [0.25, 0.3) is 0 Å². The molecule has 0 saturated heterocycles. The summed E-state index contributed by atoms with van der Waals surface area (Å²) in [5, 5.41) is 8.24. The summed E-state index contributed by atoms with van der Waals surface area (Å²) in [5.41, 5.74) is 0. The van der Waals surface area contributed by atoms with Crippen molar-refractivity contribution >= 4 is 5.97 Å². The quantitative estimate of drug-likeness (QED) is 0.597. The Kier molecular flexibility index (Phi) is 5.83. The first-order valence-corrected chi connectivity index (χ1v) is 3.64. The zero-order valence-corrected chi connectivity index (χ0v) is 6.34. The predicted molar refractivity (Wildman–Crippen MR) is 40.9 cm³/mol. The standard InChI is InChI=1S/C8H14O2/c1-2-3-4-5-6-7-8(9)10/h4-5H,2-3,6-7H2,1H3,(H,9,10)/b5-4+. The van der Waals surface area contributed by atoms with Crippen LogP contribution in [0.4, 0.5) is 0 Å². The third-order valence-electron chi connectivity index (χ3n) is 1.15. The van der Waals surface area contributed by atoms with Gasteiger partial charge in [0, 0.05) is 6.42 Å². The molecule has 10 heavy (non-hydrogen) atoms. The van der Waals surface area contributed by atoms with Crippen LogP contribution in [-0.2, 0) is 4.79 Å². The molecule has 0 saturated carbocycles. The summed E-state index contributed by atoms with van der Waals surface area (Å²) < 4.78 is 0. The van der Waals surface area contributed by atoms with E-state index in [1.165, 1.54) is 0 Å². The zero-order valence-electron chi connectivity index (χ0n) is 6.34. The molecule has 58 valence electrons. The van der Waals surface area contributed by atoms with Gasteiger partial charge in [0.2, 0.25) is 0 Å². The van der Waals surface area contributed by atoms with Crippen molar-refractivity contribution in [3.05, 3.63) is 12.2 Å². The molecule has 0 spiro atoms. The molecule has 0 unspecified atom stereocenters. The van der Waals surface area contributed by atoms with Crippen LogP contribution in [0.1, 0.15) is 32.6 Å². The number of allylic oxidation sites excluding steroid dienone is 2. The van der Waals surface area contributed by atoms with Crippen LogP contribution in [0.3, 0.4) is 0 Å². The maximum Gasteiger partial charge on any atom is 0.303 e. The number of unbranched alkanes of at least 4 members (excludes halogenated alkanes) is 1. The van der Waals surface area contributed by atoms with Gasteiger partial charge in [0.1, 0.15) is 0 Å². The highest BCUT2D eigenvalue weighted by atomic mass is 16.4. The molecule has 0 aromatic heterocycles. The zero-order chi connectivity index (χ0) is 7.82. The number of hydrogen-bond acceptors (Lipinski definition) is 1. The van der Waals surface area contributed by atoms with Crippen LogP contribution >= 0.6 is 0 Å². The first-order valence-electron chi connectivity index (χ1n) is 3.64. The van der Waals surface area contributed by atoms with Gasteiger partial charge in [-0.3, -0.25) is 4.79 Å². The number of carbonyl (C=O) groups is 1. The van der Waals surface area contributed by atoms with Crippen molar-refractivity contribution in [3.8, 4) is 0 Å². The van der Waals surface area contributed by atoms with Crippen molar-refractivity contribution in [2.75, 3.05) is 0 Å². The highest BCUT2D eigenvalue weighted by Crippen LogP contribution is 1.94. The van der Waals surface area contributed by atoms with Crippen molar-refractivity contribution in [1.29, 1.82) is 0 Å². The van der Waals surface area contributed by atoms with Crippen LogP contribution in [-0.4, -0.2) is 11.1 Å². The second kappa shape index (κ2) is 6.33. The van der Waals surface area contributed by atoms with Gasteiger partial charge in [0.25, 0.3) is 0 Å². The van der Waals surface area contributed by atoms with Crippen LogP contribution < -0.4 is 0 Å². The highest BCUT2D eigenvalue weighted by molar-refractivity contribution is 5.66. The molecule has 0 aliphatic heterocycles. The van der Waals surface area contributed by atoms with E-state index in [9.17, 15) is 4.79 Å². The number of carboxylic acid groups (broad SMARTS) is 1. The molecule has 0 aromatic rings. The van der Waals surface area contributed by atoms with E-state index in [2.05, 4.69) is 6.92 Å². The topological polar surface area (TPSA) is 37.3 Å². The normalized spacial score (nSPS) is 10.5. The van der Waals surface area contributed by atoms with Gasteiger partial charge in [-0.1, -0.05) is 25.5 Å². The Balaban J connectivity index is 3.10. The minimum absolute atomic E-state index is 0.250. The SMILES string of the molecule is CCC/C=C/CCC(=O)O. The number of rotatable bonds is 5. The van der Waals surface area contributed by atoms with Gasteiger partial charge in [-0.25, -0.2) is 0 Å². The van der Waals surface area contributed by atoms with Crippen molar-refractivity contribution in [2.45, 2.75) is 32.6 Å². The van der Waals surface area contributed by atoms with Gasteiger partial charge >= 0.3 is 5.97 Å². The summed E-state index contributed by atoms with van der Waals surface area (Å²) in [4.78, 5) is 10.00. The Labute approximate surface area is 61.6 Å². The van der Waals surface area contributed by atoms with E-state index in [1.54, 1.807) is 0 Å². The molecule has 0 radical (unpaired) electrons. The summed E-state index contributed by atoms with van der Waals surface area (Å²) in [5.74, 6) is -0.721. The van der Waals surface area contributed by atoms with E-state index in [-0.39, 0.29) is 6.42 Å². The Morgan fingerprint density at radius 3 is 2.50 bits per heavy atom. The van der Waals surface area contributed by atoms with E-state index in [4.69, 9.17) is 5.11 Å². The summed E-state index contributed by atoms with van der Waals surface area (Å²) in [6, 6.07) is 0. The summed E-state index contributed by atoms with van der Waals surface area (Å²) in [6.45, 7) is 2.10. The molecule has 0 atom stereocenters. The lowest BCUT2D eigenvalue weighted by Gasteiger charge is -1.86. The van der Waals surface area contributed by atoms with Crippen molar-refractivity contribution in [3.63, 3.8) is 0 Å². The average Bonchev–Trinajstić information content (AvgIpc) is 1.87. The van der Waals surface area contributed by atoms with E-state index in [1.807, 2.05) is 12.2 Å². The van der Waals surface area contributed by atoms with E-state index < -0.39 is 5.97 Å². The van der Waals surface area contributed by atoms with Crippen molar-refractivity contribution in [2.24, 2.45) is 0 Å². The fourth-order valence-electron chi connectivity index (χ4n) is 0.609. The molecule has 1 N–H and O–H groups in total. The van der Waals surface area contributed by atoms with Gasteiger partial charge in [-0.15, -0.1) is 0 Å². The van der Waals surface area contributed by atoms with Gasteiger partial charge in [-0.2, -0.15) is 0 Å². The number of aliphatic carboxylic acids is 1. The Bertz CT molecular complexity index is 116. The molecule has 0 heterocycles. The highest BCUT2D eigenvalue weighted by Gasteiger charge is 1.90. The smallest absolute Gasteiger partial charge is 0.303 e. The van der Waals surface area contributed by atoms with E-state index in [0.717, 1.165) is 12.8 Å². The lowest BCUT2D eigenvalue weighted by Crippen LogP contribution is -1.91. The van der Waals surface area contributed by atoms with Gasteiger partial charge in [0.05, 0.1) is 0 Å². The van der Waals surface area contributed by atoms with Crippen LogP contribution in [0, 0.1) is 0 Å². The molecule has 2 heteroatoms. The van der Waals surface area contributed by atoms with Crippen molar-refractivity contribution in [1.82, 2.24) is 0 Å². The van der Waals surface area contributed by atoms with Crippen LogP contribution in [0.2, 0.25) is 0 Å². The molecule has 0 bridgehead atoms. The molecule has 0 aliphatic carbocycles. The molecule has 0 aliphatic rings. The van der Waals surface area contributed by atoms with Crippen molar-refractivity contribution < 1.29 is 9.90 Å². The van der Waals surface area contributed by atoms with Gasteiger partial charge in [0.15, 0.2) is 0 Å². The number of hydrogen-bond donors (Lipinski definition) is 1. The fraction of sp³-hybridized carbons (Fsp3) is 0.625. The fourth-order valence-corrected chi connectivity index (χ4v) is 0.609.